The molecule has 0 aliphatic rings. The van der Waals surface area contributed by atoms with Crippen molar-refractivity contribution in [3.8, 4) is 0 Å². The Bertz CT molecular complexity index is 387. The Hall–Kier alpha value is 0.1000. The molecule has 0 N–H and O–H groups in total. The fourth-order valence-electron chi connectivity index (χ4n) is 1.30. The van der Waals surface area contributed by atoms with E-state index in [2.05, 4.69) is 36.8 Å². The number of hydrogen-bond donors (Lipinski definition) is 0. The van der Waals surface area contributed by atoms with E-state index < -0.39 is 0 Å². The fraction of sp³-hybridized carbons (Fsp3) is 0.273. The number of thiophene rings is 2. The second-order valence-corrected chi connectivity index (χ2v) is 7.58. The highest BCUT2D eigenvalue weighted by molar-refractivity contribution is 8.00. The number of hydrogen-bond acceptors (Lipinski definition) is 4. The highest BCUT2D eigenvalue weighted by atomic mass is 32.2. The third kappa shape index (κ3) is 3.03. The zero-order chi connectivity index (χ0) is 10.7. The molecule has 2 heterocycles. The van der Waals surface area contributed by atoms with Gasteiger partial charge in [-0.2, -0.15) is 0 Å². The monoisotopic (exact) mass is 272 g/mol. The molecule has 2 aromatic heterocycles. The first-order valence-electron chi connectivity index (χ1n) is 4.57. The van der Waals surface area contributed by atoms with Gasteiger partial charge in [0.05, 0.1) is 8.42 Å². The minimum Gasteiger partial charge on any atom is -0.134 e. The third-order valence-electron chi connectivity index (χ3n) is 2.02. The molecule has 0 nitrogen and oxygen atoms in total. The van der Waals surface area contributed by atoms with Gasteiger partial charge in [0.1, 0.15) is 0 Å². The van der Waals surface area contributed by atoms with Crippen molar-refractivity contribution >= 4 is 46.2 Å². The molecular weight excluding hydrogens is 260 g/mol. The molecule has 0 aliphatic carbocycles. The highest BCUT2D eigenvalue weighted by Gasteiger charge is 2.03. The Morgan fingerprint density at radius 2 is 1.33 bits per heavy atom. The summed E-state index contributed by atoms with van der Waals surface area (Å²) in [6.07, 6.45) is 5.36. The molecule has 0 saturated heterocycles. The summed E-state index contributed by atoms with van der Waals surface area (Å²) in [5, 5.41) is 0. The van der Waals surface area contributed by atoms with Gasteiger partial charge in [-0.1, -0.05) is 0 Å². The van der Waals surface area contributed by atoms with Crippen molar-refractivity contribution in [2.45, 2.75) is 14.8 Å². The fourth-order valence-corrected chi connectivity index (χ4v) is 4.62. The van der Waals surface area contributed by atoms with Gasteiger partial charge in [0.25, 0.3) is 0 Å². The maximum atomic E-state index is 2.25. The third-order valence-corrected chi connectivity index (χ3v) is 6.36. The smallest absolute Gasteiger partial charge is 0.0598 e. The maximum Gasteiger partial charge on any atom is 0.0598 e. The molecule has 4 heteroatoms. The molecule has 0 radical (unpaired) electrons. The van der Waals surface area contributed by atoms with Crippen molar-refractivity contribution in [2.24, 2.45) is 0 Å². The molecule has 0 aromatic carbocycles. The van der Waals surface area contributed by atoms with Gasteiger partial charge in [0.15, 0.2) is 0 Å². The summed E-state index contributed by atoms with van der Waals surface area (Å²) in [4.78, 5) is 2.93. The minimum atomic E-state index is 1.09. The molecular formula is C11H12S4. The predicted octanol–water partition coefficient (Wildman–Crippen LogP) is 4.84. The Morgan fingerprint density at radius 3 is 1.67 bits per heavy atom. The van der Waals surface area contributed by atoms with Crippen molar-refractivity contribution in [3.05, 3.63) is 34.0 Å². The van der Waals surface area contributed by atoms with Gasteiger partial charge >= 0.3 is 0 Å². The average Bonchev–Trinajstić information content (AvgIpc) is 2.87. The number of thioether (sulfide) groups is 2. The molecule has 0 aliphatic heterocycles. The Balaban J connectivity index is 2.07. The van der Waals surface area contributed by atoms with Crippen LogP contribution in [-0.4, -0.2) is 12.5 Å². The summed E-state index contributed by atoms with van der Waals surface area (Å²) in [7, 11) is 0. The van der Waals surface area contributed by atoms with Crippen LogP contribution in [0.1, 0.15) is 9.75 Å². The lowest BCUT2D eigenvalue weighted by molar-refractivity contribution is 1.31. The second-order valence-electron chi connectivity index (χ2n) is 3.03. The minimum absolute atomic E-state index is 1.09. The van der Waals surface area contributed by atoms with E-state index in [1.807, 2.05) is 46.2 Å². The Labute approximate surface area is 107 Å². The van der Waals surface area contributed by atoms with Crippen molar-refractivity contribution in [2.75, 3.05) is 12.5 Å². The van der Waals surface area contributed by atoms with Gasteiger partial charge < -0.3 is 0 Å². The van der Waals surface area contributed by atoms with Crippen LogP contribution < -0.4 is 0 Å². The Kier molecular flexibility index (Phi) is 4.20. The zero-order valence-corrected chi connectivity index (χ0v) is 11.9. The lowest BCUT2D eigenvalue weighted by atomic mass is 10.3. The van der Waals surface area contributed by atoms with Crippen molar-refractivity contribution in [1.29, 1.82) is 0 Å². The first-order chi connectivity index (χ1) is 7.31. The molecule has 2 aromatic rings. The topological polar surface area (TPSA) is 0 Å². The lowest BCUT2D eigenvalue weighted by Gasteiger charge is -1.92. The molecule has 2 rings (SSSR count). The predicted molar refractivity (Wildman–Crippen MR) is 75.0 cm³/mol. The van der Waals surface area contributed by atoms with Crippen LogP contribution in [0.5, 0.6) is 0 Å². The van der Waals surface area contributed by atoms with Gasteiger partial charge in [0, 0.05) is 16.2 Å². The quantitative estimate of drug-likeness (QED) is 0.730. The summed E-state index contributed by atoms with van der Waals surface area (Å²) < 4.78 is 2.82. The van der Waals surface area contributed by atoms with E-state index in [1.165, 1.54) is 18.2 Å². The van der Waals surface area contributed by atoms with Crippen molar-refractivity contribution < 1.29 is 0 Å². The first kappa shape index (κ1) is 11.6. The molecule has 80 valence electrons. The molecule has 0 saturated carbocycles. The van der Waals surface area contributed by atoms with Crippen LogP contribution in [0.2, 0.25) is 0 Å². The van der Waals surface area contributed by atoms with E-state index in [4.69, 9.17) is 0 Å². The standard InChI is InChI=1S/C11H12S4/c1-12-10-5-3-8(14-10)7-9-4-6-11(13-2)15-9/h3-6H,7H2,1-2H3. The molecule has 0 fully saturated rings. The van der Waals surface area contributed by atoms with Gasteiger partial charge in [0.2, 0.25) is 0 Å². The molecule has 0 unspecified atom stereocenters. The van der Waals surface area contributed by atoms with E-state index in [0.717, 1.165) is 6.42 Å². The average molecular weight is 272 g/mol. The van der Waals surface area contributed by atoms with Gasteiger partial charge in [-0.05, 0) is 36.8 Å². The summed E-state index contributed by atoms with van der Waals surface area (Å²) in [6.45, 7) is 0. The summed E-state index contributed by atoms with van der Waals surface area (Å²) >= 11 is 7.47. The first-order valence-corrected chi connectivity index (χ1v) is 8.65. The van der Waals surface area contributed by atoms with E-state index in [-0.39, 0.29) is 0 Å². The van der Waals surface area contributed by atoms with Gasteiger partial charge in [-0.25, -0.2) is 0 Å². The molecule has 0 amide bonds. The van der Waals surface area contributed by atoms with Gasteiger partial charge in [-0.15, -0.1) is 46.2 Å². The molecule has 15 heavy (non-hydrogen) atoms. The van der Waals surface area contributed by atoms with Crippen LogP contribution in [0.4, 0.5) is 0 Å². The van der Waals surface area contributed by atoms with E-state index in [9.17, 15) is 0 Å². The number of rotatable bonds is 4. The SMILES string of the molecule is CSc1ccc(Cc2ccc(SC)s2)s1. The van der Waals surface area contributed by atoms with Gasteiger partial charge in [-0.3, -0.25) is 0 Å². The summed E-state index contributed by atoms with van der Waals surface area (Å²) in [5.74, 6) is 0. The maximum absolute atomic E-state index is 2.25. The Morgan fingerprint density at radius 1 is 0.867 bits per heavy atom. The van der Waals surface area contributed by atoms with E-state index in [1.54, 1.807) is 0 Å². The largest absolute Gasteiger partial charge is 0.134 e. The summed E-state index contributed by atoms with van der Waals surface area (Å²) in [6, 6.07) is 8.92. The highest BCUT2D eigenvalue weighted by Crippen LogP contribution is 2.30. The zero-order valence-electron chi connectivity index (χ0n) is 8.65. The van der Waals surface area contributed by atoms with Crippen LogP contribution in [0.15, 0.2) is 32.7 Å². The normalized spacial score (nSPS) is 10.8. The van der Waals surface area contributed by atoms with Crippen LogP contribution in [0, 0.1) is 0 Å². The molecule has 0 bridgehead atoms. The van der Waals surface area contributed by atoms with Crippen LogP contribution in [0.3, 0.4) is 0 Å². The van der Waals surface area contributed by atoms with E-state index >= 15 is 0 Å². The molecule has 0 spiro atoms. The summed E-state index contributed by atoms with van der Waals surface area (Å²) in [5.41, 5.74) is 0. The van der Waals surface area contributed by atoms with Crippen LogP contribution in [0.25, 0.3) is 0 Å². The molecule has 0 atom stereocenters. The van der Waals surface area contributed by atoms with Crippen LogP contribution >= 0.6 is 46.2 Å². The van der Waals surface area contributed by atoms with E-state index in [0.29, 0.717) is 0 Å². The lowest BCUT2D eigenvalue weighted by Crippen LogP contribution is -1.76. The van der Waals surface area contributed by atoms with Crippen LogP contribution in [-0.2, 0) is 6.42 Å². The second kappa shape index (κ2) is 5.43. The van der Waals surface area contributed by atoms with Crippen molar-refractivity contribution in [3.63, 3.8) is 0 Å². The van der Waals surface area contributed by atoms with Crippen molar-refractivity contribution in [1.82, 2.24) is 0 Å².